The van der Waals surface area contributed by atoms with Gasteiger partial charge in [0.2, 0.25) is 0 Å². The summed E-state index contributed by atoms with van der Waals surface area (Å²) in [7, 11) is 0. The number of hydrogen-bond donors (Lipinski definition) is 0. The van der Waals surface area contributed by atoms with Crippen LogP contribution in [-0.2, 0) is 0 Å². The highest BCUT2D eigenvalue weighted by Crippen LogP contribution is 2.30. The van der Waals surface area contributed by atoms with E-state index in [2.05, 4.69) is 13.8 Å². The van der Waals surface area contributed by atoms with Gasteiger partial charge in [0.1, 0.15) is 0 Å². The number of amides is 1. The molecule has 1 fully saturated rings. The number of carbonyl (C=O) groups is 1. The molecule has 0 atom stereocenters. The number of thioether (sulfide) groups is 1. The van der Waals surface area contributed by atoms with Gasteiger partial charge in [-0.2, -0.15) is 11.8 Å². The van der Waals surface area contributed by atoms with Crippen molar-refractivity contribution in [1.29, 1.82) is 0 Å². The van der Waals surface area contributed by atoms with Gasteiger partial charge in [0.05, 0.1) is 6.26 Å². The maximum absolute atomic E-state index is 12.0. The highest BCUT2D eigenvalue weighted by Gasteiger charge is 2.27. The maximum atomic E-state index is 12.0. The first-order valence-electron chi connectivity index (χ1n) is 5.55. The van der Waals surface area contributed by atoms with Crippen molar-refractivity contribution in [3.63, 3.8) is 0 Å². The van der Waals surface area contributed by atoms with Crippen LogP contribution in [-0.4, -0.2) is 34.4 Å². The standard InChI is InChI=1S/C12H17NO2S/c1-12(2)5-6-13(7-9-16-12)11(14)10-4-3-8-15-10/h3-4,8H,5-7,9H2,1-2H3. The molecule has 4 heteroatoms. The predicted molar refractivity (Wildman–Crippen MR) is 65.8 cm³/mol. The zero-order valence-electron chi connectivity index (χ0n) is 9.73. The SMILES string of the molecule is CC1(C)CCN(C(=O)c2ccco2)CCS1. The minimum Gasteiger partial charge on any atom is -0.459 e. The van der Waals surface area contributed by atoms with Crippen LogP contribution in [0.5, 0.6) is 0 Å². The molecule has 2 rings (SSSR count). The molecule has 88 valence electrons. The first-order chi connectivity index (χ1) is 7.58. The van der Waals surface area contributed by atoms with Crippen LogP contribution >= 0.6 is 11.8 Å². The second kappa shape index (κ2) is 4.53. The van der Waals surface area contributed by atoms with Crippen LogP contribution in [0.25, 0.3) is 0 Å². The first kappa shape index (κ1) is 11.6. The number of rotatable bonds is 1. The molecule has 0 aromatic carbocycles. The lowest BCUT2D eigenvalue weighted by Crippen LogP contribution is -2.33. The Morgan fingerprint density at radius 2 is 2.31 bits per heavy atom. The quantitative estimate of drug-likeness (QED) is 0.755. The van der Waals surface area contributed by atoms with Gasteiger partial charge in [-0.1, -0.05) is 13.8 Å². The monoisotopic (exact) mass is 239 g/mol. The third-order valence-corrected chi connectivity index (χ3v) is 4.23. The molecule has 1 aromatic heterocycles. The Morgan fingerprint density at radius 3 is 3.00 bits per heavy atom. The Hall–Kier alpha value is -0.900. The van der Waals surface area contributed by atoms with Gasteiger partial charge in [-0.3, -0.25) is 4.79 Å². The lowest BCUT2D eigenvalue weighted by atomic mass is 10.1. The normalized spacial score (nSPS) is 20.5. The molecule has 0 radical (unpaired) electrons. The van der Waals surface area contributed by atoms with E-state index in [1.165, 1.54) is 0 Å². The predicted octanol–water partition coefficient (Wildman–Crippen LogP) is 2.64. The number of furan rings is 1. The van der Waals surface area contributed by atoms with E-state index in [0.29, 0.717) is 5.76 Å². The molecule has 0 aliphatic carbocycles. The number of hydrogen-bond acceptors (Lipinski definition) is 3. The molecule has 0 spiro atoms. The molecule has 0 bridgehead atoms. The van der Waals surface area contributed by atoms with Crippen LogP contribution in [0.15, 0.2) is 22.8 Å². The second-order valence-electron chi connectivity index (χ2n) is 4.63. The molecule has 1 amide bonds. The largest absolute Gasteiger partial charge is 0.459 e. The van der Waals surface area contributed by atoms with E-state index in [1.54, 1.807) is 18.4 Å². The van der Waals surface area contributed by atoms with E-state index in [-0.39, 0.29) is 10.7 Å². The van der Waals surface area contributed by atoms with Crippen molar-refractivity contribution in [1.82, 2.24) is 4.90 Å². The van der Waals surface area contributed by atoms with Crippen molar-refractivity contribution < 1.29 is 9.21 Å². The Bertz CT molecular complexity index is 359. The molecule has 1 aromatic rings. The average molecular weight is 239 g/mol. The van der Waals surface area contributed by atoms with Gasteiger partial charge in [0.15, 0.2) is 5.76 Å². The smallest absolute Gasteiger partial charge is 0.289 e. The van der Waals surface area contributed by atoms with Crippen LogP contribution in [0.2, 0.25) is 0 Å². The van der Waals surface area contributed by atoms with Gasteiger partial charge in [-0.25, -0.2) is 0 Å². The summed E-state index contributed by atoms with van der Waals surface area (Å²) in [6.07, 6.45) is 2.58. The van der Waals surface area contributed by atoms with Crippen molar-refractivity contribution in [2.45, 2.75) is 25.0 Å². The van der Waals surface area contributed by atoms with Gasteiger partial charge < -0.3 is 9.32 Å². The van der Waals surface area contributed by atoms with Crippen LogP contribution in [0.3, 0.4) is 0 Å². The van der Waals surface area contributed by atoms with Crippen LogP contribution in [0.4, 0.5) is 0 Å². The molecule has 0 saturated carbocycles. The summed E-state index contributed by atoms with van der Waals surface area (Å²) >= 11 is 1.94. The fourth-order valence-corrected chi connectivity index (χ4v) is 2.88. The molecule has 3 nitrogen and oxygen atoms in total. The van der Waals surface area contributed by atoms with Gasteiger partial charge in [0, 0.05) is 23.6 Å². The lowest BCUT2D eigenvalue weighted by Gasteiger charge is -2.22. The highest BCUT2D eigenvalue weighted by atomic mass is 32.2. The molecule has 2 heterocycles. The van der Waals surface area contributed by atoms with E-state index in [0.717, 1.165) is 25.3 Å². The van der Waals surface area contributed by atoms with E-state index in [4.69, 9.17) is 4.42 Å². The summed E-state index contributed by atoms with van der Waals surface area (Å²) in [6, 6.07) is 3.48. The summed E-state index contributed by atoms with van der Waals surface area (Å²) in [6.45, 7) is 6.10. The van der Waals surface area contributed by atoms with Crippen LogP contribution in [0.1, 0.15) is 30.8 Å². The zero-order chi connectivity index (χ0) is 11.6. The average Bonchev–Trinajstić information content (AvgIpc) is 2.69. The molecule has 1 saturated heterocycles. The van der Waals surface area contributed by atoms with E-state index in [1.807, 2.05) is 16.7 Å². The molecular weight excluding hydrogens is 222 g/mol. The van der Waals surface area contributed by atoms with Crippen molar-refractivity contribution in [3.8, 4) is 0 Å². The lowest BCUT2D eigenvalue weighted by molar-refractivity contribution is 0.0732. The first-order valence-corrected chi connectivity index (χ1v) is 6.54. The maximum Gasteiger partial charge on any atom is 0.289 e. The third kappa shape index (κ3) is 2.61. The summed E-state index contributed by atoms with van der Waals surface area (Å²) in [4.78, 5) is 13.9. The Kier molecular flexibility index (Phi) is 3.28. The van der Waals surface area contributed by atoms with Crippen molar-refractivity contribution in [2.75, 3.05) is 18.8 Å². The van der Waals surface area contributed by atoms with Gasteiger partial charge in [-0.15, -0.1) is 0 Å². The molecule has 16 heavy (non-hydrogen) atoms. The fourth-order valence-electron chi connectivity index (χ4n) is 1.78. The topological polar surface area (TPSA) is 33.5 Å². The number of carbonyl (C=O) groups excluding carboxylic acids is 1. The summed E-state index contributed by atoms with van der Waals surface area (Å²) in [5, 5.41) is 0. The summed E-state index contributed by atoms with van der Waals surface area (Å²) < 4.78 is 5.42. The fraction of sp³-hybridized carbons (Fsp3) is 0.583. The van der Waals surface area contributed by atoms with Crippen LogP contribution in [0, 0.1) is 0 Å². The molecule has 1 aliphatic rings. The Balaban J connectivity index is 2.03. The Labute approximate surface area is 100 Å². The van der Waals surface area contributed by atoms with Gasteiger partial charge in [0.25, 0.3) is 5.91 Å². The third-order valence-electron chi connectivity index (χ3n) is 2.86. The molecule has 0 unspecified atom stereocenters. The molecular formula is C12H17NO2S. The minimum atomic E-state index is 0.0169. The van der Waals surface area contributed by atoms with E-state index < -0.39 is 0 Å². The van der Waals surface area contributed by atoms with E-state index in [9.17, 15) is 4.79 Å². The minimum absolute atomic E-state index is 0.0169. The zero-order valence-corrected chi connectivity index (χ0v) is 10.5. The number of nitrogens with zero attached hydrogens (tertiary/aromatic N) is 1. The summed E-state index contributed by atoms with van der Waals surface area (Å²) in [5.41, 5.74) is 0. The molecule has 0 N–H and O–H groups in total. The summed E-state index contributed by atoms with van der Waals surface area (Å²) in [5.74, 6) is 1.47. The van der Waals surface area contributed by atoms with Crippen LogP contribution < -0.4 is 0 Å². The molecule has 1 aliphatic heterocycles. The highest BCUT2D eigenvalue weighted by molar-refractivity contribution is 8.00. The van der Waals surface area contributed by atoms with Gasteiger partial charge in [-0.05, 0) is 18.6 Å². The second-order valence-corrected chi connectivity index (χ2v) is 6.43. The van der Waals surface area contributed by atoms with Gasteiger partial charge >= 0.3 is 0 Å². The van der Waals surface area contributed by atoms with Crippen molar-refractivity contribution >= 4 is 17.7 Å². The van der Waals surface area contributed by atoms with Crippen molar-refractivity contribution in [2.24, 2.45) is 0 Å². The van der Waals surface area contributed by atoms with Crippen molar-refractivity contribution in [3.05, 3.63) is 24.2 Å². The Morgan fingerprint density at radius 1 is 1.50 bits per heavy atom. The van der Waals surface area contributed by atoms with E-state index >= 15 is 0 Å².